The number of nitrogens with zero attached hydrogens (tertiary/aromatic N) is 3. The average Bonchev–Trinajstić information content (AvgIpc) is 2.63. The van der Waals surface area contributed by atoms with Crippen LogP contribution in [0, 0.1) is 0 Å². The van der Waals surface area contributed by atoms with Crippen molar-refractivity contribution in [2.45, 2.75) is 13.0 Å². The summed E-state index contributed by atoms with van der Waals surface area (Å²) < 4.78 is 1.66. The lowest BCUT2D eigenvalue weighted by molar-refractivity contribution is -0.136. The Balaban J connectivity index is 2.34. The number of hydrogen-bond acceptors (Lipinski definition) is 3. The molecule has 94 valence electrons. The molecule has 1 rings (SSSR count). The minimum absolute atomic E-state index is 0.0769. The van der Waals surface area contributed by atoms with E-state index in [9.17, 15) is 9.59 Å². The van der Waals surface area contributed by atoms with Crippen LogP contribution in [-0.4, -0.2) is 45.4 Å². The van der Waals surface area contributed by atoms with Gasteiger partial charge in [0.25, 0.3) is 0 Å². The fourth-order valence-corrected chi connectivity index (χ4v) is 1.31. The van der Waals surface area contributed by atoms with Crippen molar-refractivity contribution in [3.63, 3.8) is 0 Å². The molecule has 7 nitrogen and oxygen atoms in total. The molecule has 2 N–H and O–H groups in total. The summed E-state index contributed by atoms with van der Waals surface area (Å²) in [5, 5.41) is 14.9. The maximum Gasteiger partial charge on any atom is 0.317 e. The van der Waals surface area contributed by atoms with E-state index in [0.717, 1.165) is 5.56 Å². The number of carboxylic acid groups (broad SMARTS) is 1. The van der Waals surface area contributed by atoms with Crippen LogP contribution in [0.1, 0.15) is 12.0 Å². The molecule has 0 saturated heterocycles. The second-order valence-corrected chi connectivity index (χ2v) is 3.75. The summed E-state index contributed by atoms with van der Waals surface area (Å²) in [4.78, 5) is 23.3. The zero-order valence-corrected chi connectivity index (χ0v) is 9.88. The Kier molecular flexibility index (Phi) is 4.50. The van der Waals surface area contributed by atoms with E-state index < -0.39 is 5.97 Å². The molecule has 0 aromatic carbocycles. The topological polar surface area (TPSA) is 87.5 Å². The Labute approximate surface area is 99.0 Å². The number of carboxylic acids is 1. The number of urea groups is 1. The summed E-state index contributed by atoms with van der Waals surface area (Å²) in [5.74, 6) is -0.930. The van der Waals surface area contributed by atoms with E-state index >= 15 is 0 Å². The van der Waals surface area contributed by atoms with E-state index in [1.807, 2.05) is 6.20 Å². The zero-order valence-electron chi connectivity index (χ0n) is 9.88. The average molecular weight is 240 g/mol. The third-order valence-corrected chi connectivity index (χ3v) is 2.14. The molecule has 0 unspecified atom stereocenters. The molecule has 0 radical (unpaired) electrons. The summed E-state index contributed by atoms with van der Waals surface area (Å²) in [6.45, 7) is 0.568. The van der Waals surface area contributed by atoms with Gasteiger partial charge in [-0.05, 0) is 0 Å². The molecular formula is C10H16N4O3. The second-order valence-electron chi connectivity index (χ2n) is 3.75. The Morgan fingerprint density at radius 2 is 2.29 bits per heavy atom. The number of carbonyl (C=O) groups is 2. The molecule has 1 aromatic rings. The summed E-state index contributed by atoms with van der Waals surface area (Å²) in [7, 11) is 3.44. The van der Waals surface area contributed by atoms with Crippen LogP contribution in [0.5, 0.6) is 0 Å². The largest absolute Gasteiger partial charge is 0.481 e. The quantitative estimate of drug-likeness (QED) is 0.760. The van der Waals surface area contributed by atoms with Gasteiger partial charge in [-0.25, -0.2) is 4.79 Å². The molecule has 1 heterocycles. The monoisotopic (exact) mass is 240 g/mol. The van der Waals surface area contributed by atoms with E-state index in [1.165, 1.54) is 4.90 Å². The van der Waals surface area contributed by atoms with Gasteiger partial charge in [-0.2, -0.15) is 5.10 Å². The summed E-state index contributed by atoms with van der Waals surface area (Å²) in [6, 6.07) is -0.296. The lowest BCUT2D eigenvalue weighted by Crippen LogP contribution is -2.37. The summed E-state index contributed by atoms with van der Waals surface area (Å²) >= 11 is 0. The van der Waals surface area contributed by atoms with Crippen molar-refractivity contribution in [2.24, 2.45) is 7.05 Å². The molecule has 1 aromatic heterocycles. The van der Waals surface area contributed by atoms with E-state index in [1.54, 1.807) is 25.0 Å². The van der Waals surface area contributed by atoms with Crippen molar-refractivity contribution in [3.8, 4) is 0 Å². The molecular weight excluding hydrogens is 224 g/mol. The first kappa shape index (κ1) is 13.0. The number of hydrogen-bond donors (Lipinski definition) is 2. The van der Waals surface area contributed by atoms with Crippen LogP contribution in [-0.2, 0) is 18.4 Å². The van der Waals surface area contributed by atoms with Crippen molar-refractivity contribution in [2.75, 3.05) is 13.6 Å². The maximum atomic E-state index is 11.5. The Hall–Kier alpha value is -2.05. The SMILES string of the molecule is CN(Cc1cnn(C)c1)C(=O)NCCC(=O)O. The predicted octanol–water partition coefficient (Wildman–Crippen LogP) is 0.0362. The summed E-state index contributed by atoms with van der Waals surface area (Å²) in [6.07, 6.45) is 3.43. The van der Waals surface area contributed by atoms with E-state index in [2.05, 4.69) is 10.4 Å². The fourth-order valence-electron chi connectivity index (χ4n) is 1.31. The van der Waals surface area contributed by atoms with Gasteiger partial charge in [-0.3, -0.25) is 9.48 Å². The highest BCUT2D eigenvalue weighted by atomic mass is 16.4. The molecule has 0 aliphatic rings. The number of rotatable bonds is 5. The third kappa shape index (κ3) is 4.54. The van der Waals surface area contributed by atoms with Crippen molar-refractivity contribution in [3.05, 3.63) is 18.0 Å². The van der Waals surface area contributed by atoms with Gasteiger partial charge in [0, 0.05) is 32.4 Å². The van der Waals surface area contributed by atoms with E-state index in [4.69, 9.17) is 5.11 Å². The van der Waals surface area contributed by atoms with Crippen LogP contribution in [0.25, 0.3) is 0 Å². The number of aromatic nitrogens is 2. The molecule has 0 aliphatic carbocycles. The number of aryl methyl sites for hydroxylation is 1. The van der Waals surface area contributed by atoms with Crippen LogP contribution in [0.2, 0.25) is 0 Å². The first-order valence-electron chi connectivity index (χ1n) is 5.17. The highest BCUT2D eigenvalue weighted by molar-refractivity contribution is 5.74. The Morgan fingerprint density at radius 3 is 2.82 bits per heavy atom. The van der Waals surface area contributed by atoms with Gasteiger partial charge in [-0.1, -0.05) is 0 Å². The van der Waals surface area contributed by atoms with Gasteiger partial charge in [0.15, 0.2) is 0 Å². The minimum atomic E-state index is -0.930. The number of nitrogens with one attached hydrogen (secondary N) is 1. The van der Waals surface area contributed by atoms with Gasteiger partial charge in [0.1, 0.15) is 0 Å². The molecule has 0 atom stereocenters. The van der Waals surface area contributed by atoms with Crippen LogP contribution >= 0.6 is 0 Å². The maximum absolute atomic E-state index is 11.5. The molecule has 0 aliphatic heterocycles. The van der Waals surface area contributed by atoms with Crippen LogP contribution < -0.4 is 5.32 Å². The van der Waals surface area contributed by atoms with Crippen molar-refractivity contribution >= 4 is 12.0 Å². The van der Waals surface area contributed by atoms with Crippen LogP contribution in [0.3, 0.4) is 0 Å². The highest BCUT2D eigenvalue weighted by Gasteiger charge is 2.09. The second kappa shape index (κ2) is 5.88. The fraction of sp³-hybridized carbons (Fsp3) is 0.500. The smallest absolute Gasteiger partial charge is 0.317 e. The van der Waals surface area contributed by atoms with Crippen molar-refractivity contribution in [1.82, 2.24) is 20.0 Å². The first-order chi connectivity index (χ1) is 7.99. The van der Waals surface area contributed by atoms with E-state index in [-0.39, 0.29) is 19.0 Å². The lowest BCUT2D eigenvalue weighted by atomic mass is 10.3. The molecule has 17 heavy (non-hydrogen) atoms. The highest BCUT2D eigenvalue weighted by Crippen LogP contribution is 2.00. The minimum Gasteiger partial charge on any atom is -0.481 e. The van der Waals surface area contributed by atoms with E-state index in [0.29, 0.717) is 6.54 Å². The number of amides is 2. The standard InChI is InChI=1S/C10H16N4O3/c1-13(6-8-5-12-14(2)7-8)10(17)11-4-3-9(15)16/h5,7H,3-4,6H2,1-2H3,(H,11,17)(H,15,16). The third-order valence-electron chi connectivity index (χ3n) is 2.14. The van der Waals surface area contributed by atoms with Gasteiger partial charge in [0.05, 0.1) is 19.2 Å². The number of aliphatic carboxylic acids is 1. The van der Waals surface area contributed by atoms with Gasteiger partial charge < -0.3 is 15.3 Å². The zero-order chi connectivity index (χ0) is 12.8. The van der Waals surface area contributed by atoms with Crippen molar-refractivity contribution < 1.29 is 14.7 Å². The van der Waals surface area contributed by atoms with Gasteiger partial charge >= 0.3 is 12.0 Å². The first-order valence-corrected chi connectivity index (χ1v) is 5.17. The molecule has 2 amide bonds. The normalized spacial score (nSPS) is 10.0. The van der Waals surface area contributed by atoms with Gasteiger partial charge in [0.2, 0.25) is 0 Å². The summed E-state index contributed by atoms with van der Waals surface area (Å²) in [5.41, 5.74) is 0.920. The van der Waals surface area contributed by atoms with Crippen molar-refractivity contribution in [1.29, 1.82) is 0 Å². The molecule has 0 spiro atoms. The lowest BCUT2D eigenvalue weighted by Gasteiger charge is -2.16. The molecule has 0 bridgehead atoms. The Bertz CT molecular complexity index is 402. The molecule has 0 fully saturated rings. The predicted molar refractivity (Wildman–Crippen MR) is 60.3 cm³/mol. The van der Waals surface area contributed by atoms with Crippen LogP contribution in [0.15, 0.2) is 12.4 Å². The number of carbonyl (C=O) groups excluding carboxylic acids is 1. The molecule has 0 saturated carbocycles. The van der Waals surface area contributed by atoms with Crippen LogP contribution in [0.4, 0.5) is 4.79 Å². The van der Waals surface area contributed by atoms with Gasteiger partial charge in [-0.15, -0.1) is 0 Å². The Morgan fingerprint density at radius 1 is 1.59 bits per heavy atom. The molecule has 7 heteroatoms.